The van der Waals surface area contributed by atoms with Crippen LogP contribution in [0.2, 0.25) is 0 Å². The van der Waals surface area contributed by atoms with Crippen LogP contribution in [-0.4, -0.2) is 44.2 Å². The fourth-order valence-electron chi connectivity index (χ4n) is 1.61. The number of hydrogen-bond donors (Lipinski definition) is 1. The Kier molecular flexibility index (Phi) is 6.54. The van der Waals surface area contributed by atoms with Gasteiger partial charge in [-0.1, -0.05) is 0 Å². The first-order valence-electron chi connectivity index (χ1n) is 6.51. The molecule has 1 N–H and O–H groups in total. The molecule has 5 nitrogen and oxygen atoms in total. The molecule has 1 aromatic heterocycles. The monoisotopic (exact) mass is 288 g/mol. The summed E-state index contributed by atoms with van der Waals surface area (Å²) >= 11 is 0. The van der Waals surface area contributed by atoms with Crippen LogP contribution >= 0.6 is 0 Å². The Balaban J connectivity index is 2.39. The first-order valence-corrected chi connectivity index (χ1v) is 8.23. The van der Waals surface area contributed by atoms with E-state index < -0.39 is 9.84 Å². The van der Waals surface area contributed by atoms with Crippen molar-refractivity contribution in [2.24, 2.45) is 0 Å². The number of sulfone groups is 1. The van der Waals surface area contributed by atoms with Gasteiger partial charge in [0.25, 0.3) is 0 Å². The van der Waals surface area contributed by atoms with E-state index in [-0.39, 0.29) is 11.0 Å². The Morgan fingerprint density at radius 1 is 1.42 bits per heavy atom. The minimum Gasteiger partial charge on any atom is -0.383 e. The van der Waals surface area contributed by atoms with Crippen LogP contribution in [-0.2, 0) is 27.7 Å². The van der Waals surface area contributed by atoms with E-state index in [2.05, 4.69) is 5.32 Å². The van der Waals surface area contributed by atoms with E-state index in [0.717, 1.165) is 18.7 Å². The number of ether oxygens (including phenoxy) is 1. The minimum absolute atomic E-state index is 0.190. The van der Waals surface area contributed by atoms with Crippen LogP contribution in [0.3, 0.4) is 0 Å². The topological polar surface area (TPSA) is 60.3 Å². The zero-order valence-corrected chi connectivity index (χ0v) is 12.7. The van der Waals surface area contributed by atoms with E-state index >= 15 is 0 Å². The van der Waals surface area contributed by atoms with Crippen LogP contribution in [0.25, 0.3) is 0 Å². The van der Waals surface area contributed by atoms with Crippen molar-refractivity contribution >= 4 is 9.84 Å². The van der Waals surface area contributed by atoms with Gasteiger partial charge in [0.1, 0.15) is 0 Å². The van der Waals surface area contributed by atoms with E-state index in [9.17, 15) is 8.42 Å². The van der Waals surface area contributed by atoms with Gasteiger partial charge < -0.3 is 14.6 Å². The summed E-state index contributed by atoms with van der Waals surface area (Å²) in [5.41, 5.74) is 1.15. The fraction of sp³-hybridized carbons (Fsp3) is 0.692. The Morgan fingerprint density at radius 3 is 2.79 bits per heavy atom. The Morgan fingerprint density at radius 2 is 2.16 bits per heavy atom. The molecule has 0 bridgehead atoms. The van der Waals surface area contributed by atoms with E-state index in [0.29, 0.717) is 13.2 Å². The second-order valence-electron chi connectivity index (χ2n) is 4.84. The molecule has 1 aromatic rings. The molecule has 1 heterocycles. The highest BCUT2D eigenvalue weighted by atomic mass is 32.2. The third-order valence-electron chi connectivity index (χ3n) is 2.98. The first kappa shape index (κ1) is 16.2. The second kappa shape index (κ2) is 7.67. The van der Waals surface area contributed by atoms with Crippen LogP contribution < -0.4 is 5.32 Å². The molecule has 6 heteroatoms. The molecule has 0 aromatic carbocycles. The van der Waals surface area contributed by atoms with Crippen molar-refractivity contribution in [3.8, 4) is 0 Å². The molecule has 0 unspecified atom stereocenters. The number of aromatic nitrogens is 1. The number of methoxy groups -OCH3 is 1. The third kappa shape index (κ3) is 5.76. The summed E-state index contributed by atoms with van der Waals surface area (Å²) in [5, 5.41) is 2.94. The molecule has 0 aliphatic heterocycles. The van der Waals surface area contributed by atoms with Crippen molar-refractivity contribution < 1.29 is 13.2 Å². The van der Waals surface area contributed by atoms with Crippen molar-refractivity contribution in [2.75, 3.05) is 26.0 Å². The molecule has 0 aliphatic carbocycles. The second-order valence-corrected chi connectivity index (χ2v) is 7.52. The standard InChI is InChI=1S/C13H24N2O3S/c1-12(2)19(16,17)9-7-15-6-4-13(11-15)10-14-5-8-18-3/h4,6,11-12,14H,5,7-10H2,1-3H3. The van der Waals surface area contributed by atoms with E-state index in [1.807, 2.05) is 23.0 Å². The van der Waals surface area contributed by atoms with Gasteiger partial charge in [0, 0.05) is 39.1 Å². The van der Waals surface area contributed by atoms with Gasteiger partial charge in [-0.2, -0.15) is 0 Å². The Hall–Kier alpha value is -0.850. The highest BCUT2D eigenvalue weighted by molar-refractivity contribution is 7.91. The van der Waals surface area contributed by atoms with Crippen LogP contribution in [0.1, 0.15) is 19.4 Å². The van der Waals surface area contributed by atoms with Gasteiger partial charge in [0.2, 0.25) is 0 Å². The Bertz CT molecular complexity index is 466. The van der Waals surface area contributed by atoms with Crippen LogP contribution in [0.5, 0.6) is 0 Å². The highest BCUT2D eigenvalue weighted by Crippen LogP contribution is 2.05. The van der Waals surface area contributed by atoms with E-state index in [4.69, 9.17) is 4.74 Å². The number of hydrogen-bond acceptors (Lipinski definition) is 4. The quantitative estimate of drug-likeness (QED) is 0.690. The molecule has 110 valence electrons. The summed E-state index contributed by atoms with van der Waals surface area (Å²) in [4.78, 5) is 0. The third-order valence-corrected chi connectivity index (χ3v) is 5.16. The average molecular weight is 288 g/mol. The van der Waals surface area contributed by atoms with Gasteiger partial charge in [0.15, 0.2) is 9.84 Å². The molecule has 19 heavy (non-hydrogen) atoms. The number of rotatable bonds is 9. The van der Waals surface area contributed by atoms with Crippen molar-refractivity contribution in [1.29, 1.82) is 0 Å². The molecule has 0 atom stereocenters. The molecular formula is C13H24N2O3S. The number of aryl methyl sites for hydroxylation is 1. The normalized spacial score (nSPS) is 12.2. The zero-order chi connectivity index (χ0) is 14.3. The molecule has 0 spiro atoms. The van der Waals surface area contributed by atoms with Gasteiger partial charge in [-0.05, 0) is 25.5 Å². The van der Waals surface area contributed by atoms with Gasteiger partial charge in [-0.3, -0.25) is 0 Å². The van der Waals surface area contributed by atoms with Gasteiger partial charge in [-0.25, -0.2) is 8.42 Å². The Labute approximate surface area is 115 Å². The summed E-state index contributed by atoms with van der Waals surface area (Å²) in [7, 11) is -1.29. The molecule has 0 aliphatic rings. The predicted octanol–water partition coefficient (Wildman–Crippen LogP) is 1.05. The number of nitrogens with zero attached hydrogens (tertiary/aromatic N) is 1. The van der Waals surface area contributed by atoms with Crippen LogP contribution in [0, 0.1) is 0 Å². The molecule has 0 amide bonds. The lowest BCUT2D eigenvalue weighted by Gasteiger charge is -2.08. The number of nitrogens with one attached hydrogen (secondary N) is 1. The summed E-state index contributed by atoms with van der Waals surface area (Å²) in [6.07, 6.45) is 3.90. The maximum atomic E-state index is 11.7. The molecule has 1 rings (SSSR count). The van der Waals surface area contributed by atoms with Crippen molar-refractivity contribution in [3.05, 3.63) is 24.0 Å². The largest absolute Gasteiger partial charge is 0.383 e. The fourth-order valence-corrected chi connectivity index (χ4v) is 2.55. The first-order chi connectivity index (χ1) is 8.95. The molecule has 0 saturated heterocycles. The summed E-state index contributed by atoms with van der Waals surface area (Å²) < 4.78 is 30.3. The lowest BCUT2D eigenvalue weighted by atomic mass is 10.3. The molecule has 0 radical (unpaired) electrons. The summed E-state index contributed by atoms with van der Waals surface area (Å²) in [6.45, 7) is 6.22. The predicted molar refractivity (Wildman–Crippen MR) is 76.9 cm³/mol. The average Bonchev–Trinajstić information content (AvgIpc) is 2.80. The summed E-state index contributed by atoms with van der Waals surface area (Å²) in [6, 6.07) is 2.00. The van der Waals surface area contributed by atoms with Crippen molar-refractivity contribution in [2.45, 2.75) is 32.2 Å². The lowest BCUT2D eigenvalue weighted by Crippen LogP contribution is -2.20. The molecule has 0 saturated carbocycles. The molecular weight excluding hydrogens is 264 g/mol. The van der Waals surface area contributed by atoms with Crippen molar-refractivity contribution in [3.63, 3.8) is 0 Å². The summed E-state index contributed by atoms with van der Waals surface area (Å²) in [5.74, 6) is 0.190. The SMILES string of the molecule is COCCNCc1ccn(CCS(=O)(=O)C(C)C)c1. The maximum absolute atomic E-state index is 11.7. The minimum atomic E-state index is -2.96. The lowest BCUT2D eigenvalue weighted by molar-refractivity contribution is 0.199. The maximum Gasteiger partial charge on any atom is 0.154 e. The van der Waals surface area contributed by atoms with Gasteiger partial charge in [-0.15, -0.1) is 0 Å². The molecule has 0 fully saturated rings. The highest BCUT2D eigenvalue weighted by Gasteiger charge is 2.15. The van der Waals surface area contributed by atoms with Gasteiger partial charge in [0.05, 0.1) is 17.6 Å². The van der Waals surface area contributed by atoms with Crippen LogP contribution in [0.4, 0.5) is 0 Å². The smallest absolute Gasteiger partial charge is 0.154 e. The van der Waals surface area contributed by atoms with Gasteiger partial charge >= 0.3 is 0 Å². The van der Waals surface area contributed by atoms with E-state index in [1.54, 1.807) is 21.0 Å². The van der Waals surface area contributed by atoms with E-state index in [1.165, 1.54) is 0 Å². The van der Waals surface area contributed by atoms with Crippen molar-refractivity contribution in [1.82, 2.24) is 9.88 Å². The van der Waals surface area contributed by atoms with Crippen LogP contribution in [0.15, 0.2) is 18.5 Å². The zero-order valence-electron chi connectivity index (χ0n) is 11.9.